The number of hydrogen-bond acceptors (Lipinski definition) is 2. The Hall–Kier alpha value is -1.29. The van der Waals surface area contributed by atoms with Crippen LogP contribution >= 0.6 is 11.6 Å². The van der Waals surface area contributed by atoms with E-state index in [1.54, 1.807) is 19.1 Å². The number of hydrogen-bond donors (Lipinski definition) is 2. The first-order chi connectivity index (χ1) is 7.54. The van der Waals surface area contributed by atoms with Gasteiger partial charge in [-0.3, -0.25) is 9.59 Å². The molecule has 0 saturated carbocycles. The highest BCUT2D eigenvalue weighted by molar-refractivity contribution is 6.29. The molecule has 1 aliphatic heterocycles. The van der Waals surface area contributed by atoms with Crippen molar-refractivity contribution < 1.29 is 4.79 Å². The zero-order valence-corrected chi connectivity index (χ0v) is 9.73. The van der Waals surface area contributed by atoms with Gasteiger partial charge in [0.15, 0.2) is 0 Å². The molecule has 1 amide bonds. The van der Waals surface area contributed by atoms with Gasteiger partial charge >= 0.3 is 0 Å². The van der Waals surface area contributed by atoms with Crippen LogP contribution in [-0.2, 0) is 10.2 Å². The number of halogens is 1. The van der Waals surface area contributed by atoms with Gasteiger partial charge in [0.25, 0.3) is 5.56 Å². The molecule has 2 heterocycles. The highest BCUT2D eigenvalue weighted by atomic mass is 35.5. The largest absolute Gasteiger partial charge is 0.355 e. The smallest absolute Gasteiger partial charge is 0.253 e. The lowest BCUT2D eigenvalue weighted by Crippen LogP contribution is -2.49. The molecule has 0 bridgehead atoms. The number of rotatable bonds is 1. The molecular weight excluding hydrogens is 228 g/mol. The van der Waals surface area contributed by atoms with Crippen LogP contribution in [0.2, 0.25) is 5.15 Å². The Balaban J connectivity index is 2.49. The maximum absolute atomic E-state index is 11.9. The molecule has 5 heteroatoms. The molecule has 1 fully saturated rings. The van der Waals surface area contributed by atoms with Gasteiger partial charge in [-0.05, 0) is 31.9 Å². The van der Waals surface area contributed by atoms with E-state index in [9.17, 15) is 9.59 Å². The van der Waals surface area contributed by atoms with Crippen LogP contribution in [0.25, 0.3) is 0 Å². The van der Waals surface area contributed by atoms with Gasteiger partial charge in [-0.25, -0.2) is 0 Å². The fourth-order valence-corrected chi connectivity index (χ4v) is 2.24. The monoisotopic (exact) mass is 240 g/mol. The maximum atomic E-state index is 11.9. The number of carbonyl (C=O) groups is 1. The van der Waals surface area contributed by atoms with Gasteiger partial charge in [-0.2, -0.15) is 0 Å². The predicted molar refractivity (Wildman–Crippen MR) is 61.7 cm³/mol. The van der Waals surface area contributed by atoms with Crippen LogP contribution in [0, 0.1) is 0 Å². The standard InChI is InChI=1S/C11H13ClN2O2/c1-11(5-2-6-13-10(11)16)7-3-4-8(12)14-9(7)15/h3-4H,2,5-6H2,1H3,(H,13,16)(H,14,15). The third-order valence-corrected chi connectivity index (χ3v) is 3.33. The minimum absolute atomic E-state index is 0.0911. The molecule has 1 aliphatic rings. The Bertz CT molecular complexity index is 483. The van der Waals surface area contributed by atoms with E-state index in [2.05, 4.69) is 10.3 Å². The quantitative estimate of drug-likeness (QED) is 0.725. The lowest BCUT2D eigenvalue weighted by atomic mass is 9.76. The molecule has 2 N–H and O–H groups in total. The highest BCUT2D eigenvalue weighted by Crippen LogP contribution is 2.29. The molecule has 1 aromatic heterocycles. The van der Waals surface area contributed by atoms with E-state index in [0.29, 0.717) is 18.5 Å². The third-order valence-electron chi connectivity index (χ3n) is 3.11. The van der Waals surface area contributed by atoms with Crippen LogP contribution in [0.5, 0.6) is 0 Å². The molecule has 0 spiro atoms. The Morgan fingerprint density at radius 1 is 1.38 bits per heavy atom. The van der Waals surface area contributed by atoms with Crippen molar-refractivity contribution in [2.24, 2.45) is 0 Å². The number of H-pyrrole nitrogens is 1. The minimum atomic E-state index is -0.740. The van der Waals surface area contributed by atoms with Crippen molar-refractivity contribution in [3.05, 3.63) is 33.2 Å². The van der Waals surface area contributed by atoms with Crippen LogP contribution in [0.4, 0.5) is 0 Å². The Labute approximate surface area is 98.0 Å². The van der Waals surface area contributed by atoms with E-state index in [0.717, 1.165) is 6.42 Å². The zero-order valence-electron chi connectivity index (χ0n) is 8.97. The molecule has 2 rings (SSSR count). The van der Waals surface area contributed by atoms with Crippen molar-refractivity contribution in [2.45, 2.75) is 25.2 Å². The number of pyridine rings is 1. The summed E-state index contributed by atoms with van der Waals surface area (Å²) in [5.41, 5.74) is -0.544. The van der Waals surface area contributed by atoms with Crippen molar-refractivity contribution in [3.8, 4) is 0 Å². The van der Waals surface area contributed by atoms with E-state index < -0.39 is 5.41 Å². The second-order valence-electron chi connectivity index (χ2n) is 4.24. The predicted octanol–water partition coefficient (Wildman–Crippen LogP) is 1.20. The highest BCUT2D eigenvalue weighted by Gasteiger charge is 2.39. The summed E-state index contributed by atoms with van der Waals surface area (Å²) >= 11 is 5.68. The summed E-state index contributed by atoms with van der Waals surface area (Å²) < 4.78 is 0. The van der Waals surface area contributed by atoms with Crippen LogP contribution < -0.4 is 10.9 Å². The number of piperidine rings is 1. The average Bonchev–Trinajstić information content (AvgIpc) is 2.22. The summed E-state index contributed by atoms with van der Waals surface area (Å²) in [6.07, 6.45) is 1.56. The molecular formula is C11H13ClN2O2. The SMILES string of the molecule is CC1(c2ccc(Cl)[nH]c2=O)CCCNC1=O. The number of carbonyl (C=O) groups excluding carboxylic acids is 1. The minimum Gasteiger partial charge on any atom is -0.355 e. The van der Waals surface area contributed by atoms with Crippen LogP contribution in [0.3, 0.4) is 0 Å². The molecule has 0 aromatic carbocycles. The van der Waals surface area contributed by atoms with Crippen LogP contribution in [0.1, 0.15) is 25.3 Å². The van der Waals surface area contributed by atoms with Crippen LogP contribution in [0.15, 0.2) is 16.9 Å². The number of aromatic amines is 1. The molecule has 1 unspecified atom stereocenters. The van der Waals surface area contributed by atoms with Gasteiger partial charge in [0, 0.05) is 12.1 Å². The Morgan fingerprint density at radius 3 is 2.75 bits per heavy atom. The first-order valence-electron chi connectivity index (χ1n) is 5.22. The normalized spacial score (nSPS) is 25.2. The number of nitrogens with one attached hydrogen (secondary N) is 2. The molecule has 16 heavy (non-hydrogen) atoms. The van der Waals surface area contributed by atoms with Crippen molar-refractivity contribution in [2.75, 3.05) is 6.54 Å². The molecule has 86 valence electrons. The maximum Gasteiger partial charge on any atom is 0.253 e. The summed E-state index contributed by atoms with van der Waals surface area (Å²) in [7, 11) is 0. The Kier molecular flexibility index (Phi) is 2.76. The van der Waals surface area contributed by atoms with Crippen molar-refractivity contribution in [1.82, 2.24) is 10.3 Å². The second kappa shape index (κ2) is 3.94. The van der Waals surface area contributed by atoms with Gasteiger partial charge < -0.3 is 10.3 Å². The molecule has 0 aliphatic carbocycles. The van der Waals surface area contributed by atoms with Gasteiger partial charge in [0.05, 0.1) is 5.41 Å². The molecule has 1 aromatic rings. The third kappa shape index (κ3) is 1.73. The summed E-state index contributed by atoms with van der Waals surface area (Å²) in [4.78, 5) is 26.1. The summed E-state index contributed by atoms with van der Waals surface area (Å²) in [5, 5.41) is 3.07. The lowest BCUT2D eigenvalue weighted by Gasteiger charge is -2.32. The topological polar surface area (TPSA) is 62.0 Å². The summed E-state index contributed by atoms with van der Waals surface area (Å²) in [6.45, 7) is 2.47. The first kappa shape index (κ1) is 11.2. The van der Waals surface area contributed by atoms with E-state index >= 15 is 0 Å². The van der Waals surface area contributed by atoms with E-state index in [-0.39, 0.29) is 16.6 Å². The fraction of sp³-hybridized carbons (Fsp3) is 0.455. The zero-order chi connectivity index (χ0) is 11.8. The van der Waals surface area contributed by atoms with Gasteiger partial charge in [-0.1, -0.05) is 11.6 Å². The van der Waals surface area contributed by atoms with Crippen molar-refractivity contribution in [3.63, 3.8) is 0 Å². The second-order valence-corrected chi connectivity index (χ2v) is 4.65. The molecule has 4 nitrogen and oxygen atoms in total. The van der Waals surface area contributed by atoms with E-state index in [1.165, 1.54) is 0 Å². The lowest BCUT2D eigenvalue weighted by molar-refractivity contribution is -0.128. The van der Waals surface area contributed by atoms with E-state index in [4.69, 9.17) is 11.6 Å². The summed E-state index contributed by atoms with van der Waals surface area (Å²) in [6, 6.07) is 3.23. The molecule has 1 saturated heterocycles. The van der Waals surface area contributed by atoms with Crippen LogP contribution in [-0.4, -0.2) is 17.4 Å². The van der Waals surface area contributed by atoms with Crippen molar-refractivity contribution >= 4 is 17.5 Å². The summed E-state index contributed by atoms with van der Waals surface area (Å²) in [5.74, 6) is -0.0911. The van der Waals surface area contributed by atoms with E-state index in [1.807, 2.05) is 0 Å². The number of amides is 1. The van der Waals surface area contributed by atoms with Gasteiger partial charge in [0.1, 0.15) is 5.15 Å². The fourth-order valence-electron chi connectivity index (χ4n) is 2.09. The van der Waals surface area contributed by atoms with Gasteiger partial charge in [-0.15, -0.1) is 0 Å². The Morgan fingerprint density at radius 2 is 2.12 bits per heavy atom. The molecule has 0 radical (unpaired) electrons. The average molecular weight is 241 g/mol. The number of aromatic nitrogens is 1. The van der Waals surface area contributed by atoms with Gasteiger partial charge in [0.2, 0.25) is 5.91 Å². The first-order valence-corrected chi connectivity index (χ1v) is 5.59. The molecule has 1 atom stereocenters. The van der Waals surface area contributed by atoms with Crippen molar-refractivity contribution in [1.29, 1.82) is 0 Å².